The van der Waals surface area contributed by atoms with Crippen LogP contribution in [0.3, 0.4) is 0 Å². The molecule has 0 unspecified atom stereocenters. The first-order chi connectivity index (χ1) is 10.1. The zero-order chi connectivity index (χ0) is 14.8. The number of nitrogens with two attached hydrogens (primary N) is 1. The van der Waals surface area contributed by atoms with E-state index in [2.05, 4.69) is 12.1 Å². The highest BCUT2D eigenvalue weighted by Crippen LogP contribution is 2.30. The van der Waals surface area contributed by atoms with Crippen molar-refractivity contribution >= 4 is 22.9 Å². The van der Waals surface area contributed by atoms with Crippen LogP contribution in [0.15, 0.2) is 35.7 Å². The number of amides is 1. The van der Waals surface area contributed by atoms with Crippen molar-refractivity contribution in [1.82, 2.24) is 4.90 Å². The molecule has 0 atom stereocenters. The number of carbonyl (C=O) groups excluding carboxylic acids is 1. The lowest BCUT2D eigenvalue weighted by molar-refractivity contribution is 0.0717. The molecule has 3 rings (SSSR count). The Hall–Kier alpha value is -1.81. The van der Waals surface area contributed by atoms with Gasteiger partial charge in [-0.15, -0.1) is 11.3 Å². The largest absolute Gasteiger partial charge is 0.399 e. The van der Waals surface area contributed by atoms with Crippen LogP contribution in [-0.2, 0) is 0 Å². The zero-order valence-corrected chi connectivity index (χ0v) is 13.0. The van der Waals surface area contributed by atoms with Crippen molar-refractivity contribution in [2.45, 2.75) is 25.7 Å². The van der Waals surface area contributed by atoms with Gasteiger partial charge >= 0.3 is 0 Å². The zero-order valence-electron chi connectivity index (χ0n) is 12.2. The third-order valence-electron chi connectivity index (χ3n) is 4.25. The highest BCUT2D eigenvalue weighted by atomic mass is 32.1. The number of hydrogen-bond acceptors (Lipinski definition) is 3. The fourth-order valence-corrected chi connectivity index (χ4v) is 3.81. The minimum Gasteiger partial charge on any atom is -0.399 e. The summed E-state index contributed by atoms with van der Waals surface area (Å²) in [6.45, 7) is 3.68. The van der Waals surface area contributed by atoms with Crippen molar-refractivity contribution in [3.05, 3.63) is 51.7 Å². The van der Waals surface area contributed by atoms with Crippen LogP contribution in [0.1, 0.15) is 39.6 Å². The first-order valence-electron chi connectivity index (χ1n) is 7.34. The van der Waals surface area contributed by atoms with Crippen LogP contribution in [0, 0.1) is 6.92 Å². The Labute approximate surface area is 129 Å². The van der Waals surface area contributed by atoms with Gasteiger partial charge in [-0.25, -0.2) is 0 Å². The summed E-state index contributed by atoms with van der Waals surface area (Å²) in [4.78, 5) is 15.4. The van der Waals surface area contributed by atoms with Gasteiger partial charge in [0, 0.05) is 18.8 Å². The van der Waals surface area contributed by atoms with Gasteiger partial charge in [-0.05, 0) is 60.4 Å². The summed E-state index contributed by atoms with van der Waals surface area (Å²) in [7, 11) is 0. The fraction of sp³-hybridized carbons (Fsp3) is 0.353. The smallest absolute Gasteiger partial charge is 0.264 e. The van der Waals surface area contributed by atoms with Crippen molar-refractivity contribution in [3.8, 4) is 0 Å². The monoisotopic (exact) mass is 300 g/mol. The quantitative estimate of drug-likeness (QED) is 0.860. The molecule has 0 spiro atoms. The van der Waals surface area contributed by atoms with Crippen molar-refractivity contribution in [2.75, 3.05) is 18.8 Å². The number of thiophene rings is 1. The number of carbonyl (C=O) groups is 1. The SMILES string of the molecule is Cc1ccsc1C(=O)N1CCC(c2ccc(N)cc2)CC1. The number of anilines is 1. The van der Waals surface area contributed by atoms with Gasteiger partial charge in [0.2, 0.25) is 0 Å². The van der Waals surface area contributed by atoms with E-state index in [0.717, 1.165) is 42.1 Å². The Bertz CT molecular complexity index is 624. The maximum absolute atomic E-state index is 12.5. The molecule has 21 heavy (non-hydrogen) atoms. The summed E-state index contributed by atoms with van der Waals surface area (Å²) in [6, 6.07) is 10.2. The van der Waals surface area contributed by atoms with Gasteiger partial charge in [0.05, 0.1) is 4.88 Å². The number of rotatable bonds is 2. The highest BCUT2D eigenvalue weighted by Gasteiger charge is 2.25. The lowest BCUT2D eigenvalue weighted by atomic mass is 9.89. The van der Waals surface area contributed by atoms with E-state index in [-0.39, 0.29) is 5.91 Å². The summed E-state index contributed by atoms with van der Waals surface area (Å²) < 4.78 is 0. The number of benzene rings is 1. The second kappa shape index (κ2) is 5.90. The van der Waals surface area contributed by atoms with Crippen LogP contribution in [-0.4, -0.2) is 23.9 Å². The molecule has 0 radical (unpaired) electrons. The van der Waals surface area contributed by atoms with Gasteiger partial charge in [-0.1, -0.05) is 12.1 Å². The molecular formula is C17H20N2OS. The maximum Gasteiger partial charge on any atom is 0.264 e. The Kier molecular flexibility index (Phi) is 3.97. The van der Waals surface area contributed by atoms with E-state index in [1.807, 2.05) is 35.4 Å². The standard InChI is InChI=1S/C17H20N2OS/c1-12-8-11-21-16(12)17(20)19-9-6-14(7-10-19)13-2-4-15(18)5-3-13/h2-5,8,11,14H,6-7,9-10,18H2,1H3. The third kappa shape index (κ3) is 2.95. The van der Waals surface area contributed by atoms with E-state index in [1.165, 1.54) is 5.56 Å². The molecule has 1 aliphatic rings. The lowest BCUT2D eigenvalue weighted by Crippen LogP contribution is -2.37. The summed E-state index contributed by atoms with van der Waals surface area (Å²) >= 11 is 1.54. The van der Waals surface area contributed by atoms with Crippen LogP contribution >= 0.6 is 11.3 Å². The van der Waals surface area contributed by atoms with E-state index < -0.39 is 0 Å². The molecule has 1 saturated heterocycles. The second-order valence-electron chi connectivity index (χ2n) is 5.67. The molecule has 110 valence electrons. The number of piperidine rings is 1. The first-order valence-corrected chi connectivity index (χ1v) is 8.22. The minimum absolute atomic E-state index is 0.193. The van der Waals surface area contributed by atoms with E-state index in [1.54, 1.807) is 11.3 Å². The van der Waals surface area contributed by atoms with Gasteiger partial charge < -0.3 is 10.6 Å². The minimum atomic E-state index is 0.193. The molecule has 1 aromatic carbocycles. The number of aryl methyl sites for hydroxylation is 1. The topological polar surface area (TPSA) is 46.3 Å². The molecule has 1 fully saturated rings. The van der Waals surface area contributed by atoms with E-state index >= 15 is 0 Å². The second-order valence-corrected chi connectivity index (χ2v) is 6.58. The summed E-state index contributed by atoms with van der Waals surface area (Å²) in [5.41, 5.74) is 8.96. The maximum atomic E-state index is 12.5. The molecule has 2 aromatic rings. The Balaban J connectivity index is 1.64. The first kappa shape index (κ1) is 14.1. The van der Waals surface area contributed by atoms with Crippen molar-refractivity contribution in [3.63, 3.8) is 0 Å². The molecular weight excluding hydrogens is 280 g/mol. The average Bonchev–Trinajstić information content (AvgIpc) is 2.94. The van der Waals surface area contributed by atoms with Crippen LogP contribution in [0.5, 0.6) is 0 Å². The normalized spacial score (nSPS) is 16.1. The fourth-order valence-electron chi connectivity index (χ4n) is 2.92. The van der Waals surface area contributed by atoms with Crippen LogP contribution in [0.2, 0.25) is 0 Å². The van der Waals surface area contributed by atoms with Gasteiger partial charge in [0.1, 0.15) is 0 Å². The molecule has 1 amide bonds. The third-order valence-corrected chi connectivity index (χ3v) is 5.25. The van der Waals surface area contributed by atoms with Crippen LogP contribution < -0.4 is 5.73 Å². The average molecular weight is 300 g/mol. The predicted molar refractivity (Wildman–Crippen MR) is 87.8 cm³/mol. The molecule has 0 saturated carbocycles. The van der Waals surface area contributed by atoms with Gasteiger partial charge in [-0.3, -0.25) is 4.79 Å². The molecule has 2 N–H and O–H groups in total. The lowest BCUT2D eigenvalue weighted by Gasteiger charge is -2.32. The number of nitrogens with zero attached hydrogens (tertiary/aromatic N) is 1. The number of nitrogen functional groups attached to an aromatic ring is 1. The number of likely N-dealkylation sites (tertiary alicyclic amines) is 1. The highest BCUT2D eigenvalue weighted by molar-refractivity contribution is 7.12. The van der Waals surface area contributed by atoms with Gasteiger partial charge in [0.15, 0.2) is 0 Å². The Morgan fingerprint density at radius 3 is 2.43 bits per heavy atom. The van der Waals surface area contributed by atoms with Crippen molar-refractivity contribution in [1.29, 1.82) is 0 Å². The van der Waals surface area contributed by atoms with Crippen molar-refractivity contribution in [2.24, 2.45) is 0 Å². The molecule has 1 aromatic heterocycles. The van der Waals surface area contributed by atoms with E-state index in [0.29, 0.717) is 5.92 Å². The molecule has 2 heterocycles. The van der Waals surface area contributed by atoms with E-state index in [9.17, 15) is 4.79 Å². The molecule has 0 bridgehead atoms. The summed E-state index contributed by atoms with van der Waals surface area (Å²) in [5.74, 6) is 0.734. The van der Waals surface area contributed by atoms with Gasteiger partial charge in [0.25, 0.3) is 5.91 Å². The molecule has 0 aliphatic carbocycles. The van der Waals surface area contributed by atoms with Gasteiger partial charge in [-0.2, -0.15) is 0 Å². The van der Waals surface area contributed by atoms with Crippen LogP contribution in [0.25, 0.3) is 0 Å². The Morgan fingerprint density at radius 2 is 1.86 bits per heavy atom. The summed E-state index contributed by atoms with van der Waals surface area (Å²) in [6.07, 6.45) is 2.06. The summed E-state index contributed by atoms with van der Waals surface area (Å²) in [5, 5.41) is 1.99. The van der Waals surface area contributed by atoms with Crippen LogP contribution in [0.4, 0.5) is 5.69 Å². The molecule has 1 aliphatic heterocycles. The number of hydrogen-bond donors (Lipinski definition) is 1. The molecule has 4 heteroatoms. The Morgan fingerprint density at radius 1 is 1.19 bits per heavy atom. The van der Waals surface area contributed by atoms with Crippen molar-refractivity contribution < 1.29 is 4.79 Å². The van der Waals surface area contributed by atoms with E-state index in [4.69, 9.17) is 5.73 Å². The predicted octanol–water partition coefficient (Wildman–Crippen LogP) is 3.66. The molecule has 3 nitrogen and oxygen atoms in total.